The van der Waals surface area contributed by atoms with Crippen LogP contribution in [0.1, 0.15) is 23.3 Å². The molecule has 1 saturated carbocycles. The van der Waals surface area contributed by atoms with E-state index in [4.69, 9.17) is 0 Å². The Balaban J connectivity index is 1.32. The number of carbonyl (C=O) groups excluding carboxylic acids is 3. The summed E-state index contributed by atoms with van der Waals surface area (Å²) in [7, 11) is 0. The number of aliphatic hydroxyl groups is 1. The highest BCUT2D eigenvalue weighted by molar-refractivity contribution is 6.35. The molecular weight excluding hydrogens is 348 g/mol. The highest BCUT2D eigenvalue weighted by Crippen LogP contribution is 2.33. The lowest BCUT2D eigenvalue weighted by Gasteiger charge is -2.34. The first kappa shape index (κ1) is 17.5. The Labute approximate surface area is 156 Å². The maximum absolute atomic E-state index is 12.7. The molecule has 8 heteroatoms. The van der Waals surface area contributed by atoms with Crippen LogP contribution in [0.5, 0.6) is 0 Å². The fraction of sp³-hybridized carbons (Fsp3) is 0.421. The molecule has 27 heavy (non-hydrogen) atoms. The molecule has 0 bridgehead atoms. The smallest absolute Gasteiger partial charge is 0.312 e. The van der Waals surface area contributed by atoms with Gasteiger partial charge in [0.1, 0.15) is 5.69 Å². The lowest BCUT2D eigenvalue weighted by Crippen LogP contribution is -2.54. The zero-order valence-corrected chi connectivity index (χ0v) is 14.9. The average Bonchev–Trinajstić information content (AvgIpc) is 3.27. The van der Waals surface area contributed by atoms with Crippen LogP contribution in [-0.2, 0) is 9.59 Å². The molecule has 0 radical (unpaired) electrons. The molecule has 2 heterocycles. The molecule has 3 N–H and O–H groups in total. The topological polar surface area (TPSA) is 106 Å². The van der Waals surface area contributed by atoms with Crippen molar-refractivity contribution in [2.75, 3.05) is 32.7 Å². The van der Waals surface area contributed by atoms with Crippen LogP contribution in [0.25, 0.3) is 10.9 Å². The first-order valence-electron chi connectivity index (χ1n) is 9.12. The Morgan fingerprint density at radius 2 is 1.74 bits per heavy atom. The van der Waals surface area contributed by atoms with E-state index in [9.17, 15) is 19.5 Å². The SMILES string of the molecule is O=C(NCC1(O)CC1)C(=O)N1CCN(C(=O)c2cc3ccccc3[nH]2)CC1. The Bertz CT molecular complexity index is 861. The molecule has 4 rings (SSSR count). The van der Waals surface area contributed by atoms with E-state index >= 15 is 0 Å². The van der Waals surface area contributed by atoms with Crippen molar-refractivity contribution < 1.29 is 19.5 Å². The highest BCUT2D eigenvalue weighted by Gasteiger charge is 2.41. The van der Waals surface area contributed by atoms with Crippen LogP contribution in [0.4, 0.5) is 0 Å². The van der Waals surface area contributed by atoms with Crippen molar-refractivity contribution in [3.63, 3.8) is 0 Å². The molecular formula is C19H22N4O4. The number of para-hydroxylation sites is 1. The third kappa shape index (κ3) is 3.66. The lowest BCUT2D eigenvalue weighted by molar-refractivity contribution is -0.147. The van der Waals surface area contributed by atoms with Crippen LogP contribution in [0.3, 0.4) is 0 Å². The van der Waals surface area contributed by atoms with E-state index in [1.807, 2.05) is 30.3 Å². The van der Waals surface area contributed by atoms with Crippen molar-refractivity contribution in [3.05, 3.63) is 36.0 Å². The second kappa shape index (κ2) is 6.70. The minimum absolute atomic E-state index is 0.108. The van der Waals surface area contributed by atoms with Gasteiger partial charge in [0.05, 0.1) is 5.60 Å². The first-order valence-corrected chi connectivity index (χ1v) is 9.12. The first-order chi connectivity index (χ1) is 13.0. The summed E-state index contributed by atoms with van der Waals surface area (Å²) in [4.78, 5) is 43.1. The van der Waals surface area contributed by atoms with Crippen molar-refractivity contribution in [1.82, 2.24) is 20.1 Å². The van der Waals surface area contributed by atoms with E-state index in [1.165, 1.54) is 4.90 Å². The van der Waals surface area contributed by atoms with Crippen molar-refractivity contribution in [3.8, 4) is 0 Å². The summed E-state index contributed by atoms with van der Waals surface area (Å²) in [5, 5.41) is 13.2. The number of carbonyl (C=O) groups is 3. The van der Waals surface area contributed by atoms with Crippen LogP contribution in [0.15, 0.2) is 30.3 Å². The Kier molecular flexibility index (Phi) is 4.35. The molecule has 142 valence electrons. The summed E-state index contributed by atoms with van der Waals surface area (Å²) in [5.41, 5.74) is 0.593. The highest BCUT2D eigenvalue weighted by atomic mass is 16.3. The van der Waals surface area contributed by atoms with E-state index in [1.54, 1.807) is 4.90 Å². The summed E-state index contributed by atoms with van der Waals surface area (Å²) in [6, 6.07) is 9.51. The number of rotatable bonds is 3. The van der Waals surface area contributed by atoms with Crippen LogP contribution in [0, 0.1) is 0 Å². The van der Waals surface area contributed by atoms with E-state index in [-0.39, 0.29) is 12.5 Å². The summed E-state index contributed by atoms with van der Waals surface area (Å²) in [6.45, 7) is 1.47. The number of aromatic amines is 1. The average molecular weight is 370 g/mol. The number of fused-ring (bicyclic) bond motifs is 1. The monoisotopic (exact) mass is 370 g/mol. The molecule has 0 atom stereocenters. The van der Waals surface area contributed by atoms with E-state index in [2.05, 4.69) is 10.3 Å². The number of hydrogen-bond donors (Lipinski definition) is 3. The third-order valence-corrected chi connectivity index (χ3v) is 5.21. The molecule has 8 nitrogen and oxygen atoms in total. The molecule has 1 saturated heterocycles. The van der Waals surface area contributed by atoms with Crippen LogP contribution < -0.4 is 5.32 Å². The Hall–Kier alpha value is -2.87. The molecule has 0 unspecified atom stereocenters. The number of aromatic nitrogens is 1. The Morgan fingerprint density at radius 1 is 1.07 bits per heavy atom. The molecule has 2 fully saturated rings. The quantitative estimate of drug-likeness (QED) is 0.666. The van der Waals surface area contributed by atoms with E-state index < -0.39 is 17.4 Å². The van der Waals surface area contributed by atoms with Gasteiger partial charge in [0, 0.05) is 43.6 Å². The van der Waals surface area contributed by atoms with Gasteiger partial charge in [0.25, 0.3) is 5.91 Å². The molecule has 2 aliphatic rings. The zero-order chi connectivity index (χ0) is 19.0. The van der Waals surface area contributed by atoms with Gasteiger partial charge < -0.3 is 25.2 Å². The molecule has 0 spiro atoms. The van der Waals surface area contributed by atoms with E-state index in [0.717, 1.165) is 10.9 Å². The predicted molar refractivity (Wildman–Crippen MR) is 98.0 cm³/mol. The number of nitrogens with one attached hydrogen (secondary N) is 2. The standard InChI is InChI=1S/C19H22N4O4/c24-16(20-12-19(27)5-6-19)18(26)23-9-7-22(8-10-23)17(25)15-11-13-3-1-2-4-14(13)21-15/h1-4,11,21,27H,5-10,12H2,(H,20,24). The number of benzene rings is 1. The van der Waals surface area contributed by atoms with Gasteiger partial charge >= 0.3 is 11.8 Å². The normalized spacial score (nSPS) is 18.4. The fourth-order valence-corrected chi connectivity index (χ4v) is 3.26. The fourth-order valence-electron chi connectivity index (χ4n) is 3.26. The van der Waals surface area contributed by atoms with Gasteiger partial charge in [-0.1, -0.05) is 18.2 Å². The number of H-pyrrole nitrogens is 1. The predicted octanol–water partition coefficient (Wildman–Crippen LogP) is 0.0934. The zero-order valence-electron chi connectivity index (χ0n) is 14.9. The van der Waals surface area contributed by atoms with Gasteiger partial charge in [0.15, 0.2) is 0 Å². The molecule has 2 aromatic rings. The van der Waals surface area contributed by atoms with E-state index in [0.29, 0.717) is 44.7 Å². The van der Waals surface area contributed by atoms with Gasteiger partial charge in [-0.25, -0.2) is 0 Å². The van der Waals surface area contributed by atoms with Crippen LogP contribution >= 0.6 is 0 Å². The minimum Gasteiger partial charge on any atom is -0.388 e. The molecule has 1 aromatic heterocycles. The van der Waals surface area contributed by atoms with Crippen LogP contribution in [0.2, 0.25) is 0 Å². The second-order valence-corrected chi connectivity index (χ2v) is 7.26. The number of amides is 3. The summed E-state index contributed by atoms with van der Waals surface area (Å²) in [6.07, 6.45) is 1.30. The summed E-state index contributed by atoms with van der Waals surface area (Å²) >= 11 is 0. The molecule has 1 aliphatic heterocycles. The lowest BCUT2D eigenvalue weighted by atomic mass is 10.2. The van der Waals surface area contributed by atoms with Gasteiger partial charge in [0.2, 0.25) is 0 Å². The van der Waals surface area contributed by atoms with Crippen molar-refractivity contribution in [2.24, 2.45) is 0 Å². The maximum atomic E-state index is 12.7. The largest absolute Gasteiger partial charge is 0.388 e. The van der Waals surface area contributed by atoms with Gasteiger partial charge in [-0.15, -0.1) is 0 Å². The third-order valence-electron chi connectivity index (χ3n) is 5.21. The Morgan fingerprint density at radius 3 is 2.41 bits per heavy atom. The molecule has 1 aromatic carbocycles. The van der Waals surface area contributed by atoms with Crippen molar-refractivity contribution in [2.45, 2.75) is 18.4 Å². The number of piperazine rings is 1. The van der Waals surface area contributed by atoms with Crippen LogP contribution in [-0.4, -0.2) is 75.9 Å². The van der Waals surface area contributed by atoms with Gasteiger partial charge in [-0.3, -0.25) is 14.4 Å². The van der Waals surface area contributed by atoms with Gasteiger partial charge in [-0.2, -0.15) is 0 Å². The molecule has 3 amide bonds. The summed E-state index contributed by atoms with van der Waals surface area (Å²) < 4.78 is 0. The van der Waals surface area contributed by atoms with Gasteiger partial charge in [-0.05, 0) is 25.0 Å². The minimum atomic E-state index is -0.833. The number of hydrogen-bond acceptors (Lipinski definition) is 4. The van der Waals surface area contributed by atoms with Crippen molar-refractivity contribution in [1.29, 1.82) is 0 Å². The maximum Gasteiger partial charge on any atom is 0.312 e. The molecule has 1 aliphatic carbocycles. The van der Waals surface area contributed by atoms with Crippen molar-refractivity contribution >= 4 is 28.6 Å². The number of nitrogens with zero attached hydrogens (tertiary/aromatic N) is 2. The summed E-state index contributed by atoms with van der Waals surface area (Å²) in [5.74, 6) is -1.43. The second-order valence-electron chi connectivity index (χ2n) is 7.26.